The quantitative estimate of drug-likeness (QED) is 0.690. The van der Waals surface area contributed by atoms with Crippen molar-refractivity contribution < 1.29 is 23.0 Å². The van der Waals surface area contributed by atoms with Gasteiger partial charge >= 0.3 is 6.61 Å². The third-order valence-corrected chi connectivity index (χ3v) is 4.98. The van der Waals surface area contributed by atoms with Gasteiger partial charge in [-0.05, 0) is 67.5 Å². The zero-order valence-corrected chi connectivity index (χ0v) is 16.5. The van der Waals surface area contributed by atoms with Gasteiger partial charge in [-0.2, -0.15) is 8.78 Å². The second-order valence-electron chi connectivity index (χ2n) is 6.29. The Kier molecular flexibility index (Phi) is 6.51. The van der Waals surface area contributed by atoms with Gasteiger partial charge in [-0.25, -0.2) is 0 Å². The fraction of sp³-hybridized carbons (Fsp3) is 0.350. The highest BCUT2D eigenvalue weighted by molar-refractivity contribution is 7.80. The van der Waals surface area contributed by atoms with E-state index < -0.39 is 6.61 Å². The minimum atomic E-state index is -2.84. The Hall–Kier alpha value is -2.61. The second kappa shape index (κ2) is 9.05. The van der Waals surface area contributed by atoms with Crippen LogP contribution in [0.2, 0.25) is 0 Å². The normalized spacial score (nSPS) is 16.2. The van der Waals surface area contributed by atoms with Gasteiger partial charge in [-0.3, -0.25) is 0 Å². The standard InChI is InChI=1S/C20H22F2N2O3S/c1-25-15-9-10-18(26-2)16(12-15)17-4-3-11-24(17)20(28)23-13-5-7-14(8-6-13)27-19(21)22/h5-10,12,17,19H,3-4,11H2,1-2H3,(H,23,28)/t17-/m1/s1. The van der Waals surface area contributed by atoms with Crippen LogP contribution in [0.25, 0.3) is 0 Å². The monoisotopic (exact) mass is 408 g/mol. The van der Waals surface area contributed by atoms with E-state index in [9.17, 15) is 8.78 Å². The molecule has 5 nitrogen and oxygen atoms in total. The number of methoxy groups -OCH3 is 2. The van der Waals surface area contributed by atoms with E-state index in [1.807, 2.05) is 18.2 Å². The van der Waals surface area contributed by atoms with Gasteiger partial charge in [0.1, 0.15) is 17.2 Å². The summed E-state index contributed by atoms with van der Waals surface area (Å²) in [4.78, 5) is 2.11. The Morgan fingerprint density at radius 2 is 1.82 bits per heavy atom. The fourth-order valence-electron chi connectivity index (χ4n) is 3.35. The van der Waals surface area contributed by atoms with Crippen molar-refractivity contribution in [2.75, 3.05) is 26.1 Å². The van der Waals surface area contributed by atoms with Crippen LogP contribution in [0.3, 0.4) is 0 Å². The number of rotatable bonds is 6. The van der Waals surface area contributed by atoms with E-state index in [-0.39, 0.29) is 11.8 Å². The Labute approximate surface area is 168 Å². The first kappa shape index (κ1) is 20.1. The van der Waals surface area contributed by atoms with Gasteiger partial charge in [0.15, 0.2) is 5.11 Å². The lowest BCUT2D eigenvalue weighted by Gasteiger charge is -2.29. The van der Waals surface area contributed by atoms with Crippen molar-refractivity contribution in [3.8, 4) is 17.2 Å². The number of nitrogens with one attached hydrogen (secondary N) is 1. The molecule has 1 saturated heterocycles. The minimum Gasteiger partial charge on any atom is -0.497 e. The summed E-state index contributed by atoms with van der Waals surface area (Å²) in [6.45, 7) is -2.04. The van der Waals surface area contributed by atoms with Gasteiger partial charge in [0.05, 0.1) is 20.3 Å². The van der Waals surface area contributed by atoms with Crippen molar-refractivity contribution >= 4 is 23.0 Å². The highest BCUT2D eigenvalue weighted by Crippen LogP contribution is 2.39. The molecule has 0 aromatic heterocycles. The Balaban J connectivity index is 1.75. The molecule has 0 radical (unpaired) electrons. The van der Waals surface area contributed by atoms with Crippen molar-refractivity contribution in [1.82, 2.24) is 4.90 Å². The molecule has 0 amide bonds. The number of ether oxygens (including phenoxy) is 3. The molecule has 150 valence electrons. The molecular formula is C20H22F2N2O3S. The van der Waals surface area contributed by atoms with Crippen molar-refractivity contribution in [3.63, 3.8) is 0 Å². The molecule has 2 aromatic rings. The fourth-order valence-corrected chi connectivity index (χ4v) is 3.68. The molecule has 1 atom stereocenters. The van der Waals surface area contributed by atoms with Crippen LogP contribution in [-0.4, -0.2) is 37.4 Å². The molecule has 1 N–H and O–H groups in total. The summed E-state index contributed by atoms with van der Waals surface area (Å²) in [6.07, 6.45) is 1.93. The van der Waals surface area contributed by atoms with Crippen molar-refractivity contribution in [2.24, 2.45) is 0 Å². The van der Waals surface area contributed by atoms with Crippen LogP contribution in [0.1, 0.15) is 24.4 Å². The van der Waals surface area contributed by atoms with E-state index in [2.05, 4.69) is 15.0 Å². The van der Waals surface area contributed by atoms with Crippen LogP contribution in [0, 0.1) is 0 Å². The average molecular weight is 408 g/mol. The van der Waals surface area contributed by atoms with E-state index in [1.54, 1.807) is 26.4 Å². The van der Waals surface area contributed by atoms with Crippen LogP contribution >= 0.6 is 12.2 Å². The highest BCUT2D eigenvalue weighted by Gasteiger charge is 2.30. The van der Waals surface area contributed by atoms with Crippen molar-refractivity contribution in [1.29, 1.82) is 0 Å². The number of nitrogens with zero attached hydrogens (tertiary/aromatic N) is 1. The largest absolute Gasteiger partial charge is 0.497 e. The van der Waals surface area contributed by atoms with Crippen molar-refractivity contribution in [3.05, 3.63) is 48.0 Å². The lowest BCUT2D eigenvalue weighted by molar-refractivity contribution is -0.0498. The zero-order valence-electron chi connectivity index (χ0n) is 15.7. The smallest absolute Gasteiger partial charge is 0.387 e. The molecule has 1 heterocycles. The molecule has 28 heavy (non-hydrogen) atoms. The number of hydrogen-bond donors (Lipinski definition) is 1. The number of anilines is 1. The first-order valence-electron chi connectivity index (χ1n) is 8.86. The number of alkyl halides is 2. The number of halogens is 2. The SMILES string of the molecule is COc1ccc(OC)c([C@H]2CCCN2C(=S)Nc2ccc(OC(F)F)cc2)c1. The average Bonchev–Trinajstić information content (AvgIpc) is 3.18. The minimum absolute atomic E-state index is 0.0616. The van der Waals surface area contributed by atoms with Gasteiger partial charge in [-0.15, -0.1) is 0 Å². The Morgan fingerprint density at radius 3 is 2.46 bits per heavy atom. The molecule has 0 bridgehead atoms. The molecule has 0 unspecified atom stereocenters. The number of thiocarbonyl (C=S) groups is 1. The maximum atomic E-state index is 12.3. The first-order valence-corrected chi connectivity index (χ1v) is 9.27. The van der Waals surface area contributed by atoms with E-state index >= 15 is 0 Å². The van der Waals surface area contributed by atoms with Gasteiger partial charge in [0.25, 0.3) is 0 Å². The highest BCUT2D eigenvalue weighted by atomic mass is 32.1. The number of hydrogen-bond acceptors (Lipinski definition) is 4. The molecule has 3 rings (SSSR count). The third kappa shape index (κ3) is 4.62. The second-order valence-corrected chi connectivity index (χ2v) is 6.68. The lowest BCUT2D eigenvalue weighted by Crippen LogP contribution is -2.34. The molecule has 1 aliphatic rings. The maximum Gasteiger partial charge on any atom is 0.387 e. The van der Waals surface area contributed by atoms with Gasteiger partial charge in [-0.1, -0.05) is 0 Å². The van der Waals surface area contributed by atoms with E-state index in [0.29, 0.717) is 10.8 Å². The van der Waals surface area contributed by atoms with Gasteiger partial charge in [0.2, 0.25) is 0 Å². The lowest BCUT2D eigenvalue weighted by atomic mass is 10.0. The van der Waals surface area contributed by atoms with Gasteiger partial charge < -0.3 is 24.4 Å². The molecule has 8 heteroatoms. The van der Waals surface area contributed by atoms with Gasteiger partial charge in [0, 0.05) is 17.8 Å². The van der Waals surface area contributed by atoms with Crippen LogP contribution in [-0.2, 0) is 0 Å². The zero-order chi connectivity index (χ0) is 20.1. The number of benzene rings is 2. The predicted molar refractivity (Wildman–Crippen MR) is 108 cm³/mol. The topological polar surface area (TPSA) is 43.0 Å². The van der Waals surface area contributed by atoms with Crippen LogP contribution in [0.4, 0.5) is 14.5 Å². The first-order chi connectivity index (χ1) is 13.5. The third-order valence-electron chi connectivity index (χ3n) is 4.64. The molecule has 0 spiro atoms. The van der Waals surface area contributed by atoms with Crippen LogP contribution in [0.15, 0.2) is 42.5 Å². The molecule has 0 saturated carbocycles. The molecular weight excluding hydrogens is 386 g/mol. The molecule has 2 aromatic carbocycles. The molecule has 1 fully saturated rings. The summed E-state index contributed by atoms with van der Waals surface area (Å²) < 4.78 is 39.8. The van der Waals surface area contributed by atoms with Crippen LogP contribution in [0.5, 0.6) is 17.2 Å². The Morgan fingerprint density at radius 1 is 1.11 bits per heavy atom. The summed E-state index contributed by atoms with van der Waals surface area (Å²) in [5.41, 5.74) is 1.72. The summed E-state index contributed by atoms with van der Waals surface area (Å²) in [5, 5.41) is 3.74. The number of likely N-dealkylation sites (tertiary alicyclic amines) is 1. The van der Waals surface area contributed by atoms with Crippen LogP contribution < -0.4 is 19.5 Å². The maximum absolute atomic E-state index is 12.3. The summed E-state index contributed by atoms with van der Waals surface area (Å²) in [6, 6.07) is 12.0. The summed E-state index contributed by atoms with van der Waals surface area (Å²) >= 11 is 5.61. The Bertz CT molecular complexity index is 818. The molecule has 0 aliphatic carbocycles. The summed E-state index contributed by atoms with van der Waals surface area (Å²) in [7, 11) is 3.27. The van der Waals surface area contributed by atoms with E-state index in [1.165, 1.54) is 12.1 Å². The predicted octanol–water partition coefficient (Wildman–Crippen LogP) is 4.84. The van der Waals surface area contributed by atoms with E-state index in [0.717, 1.165) is 36.4 Å². The molecule has 1 aliphatic heterocycles. The summed E-state index contributed by atoms with van der Waals surface area (Å²) in [5.74, 6) is 1.65. The van der Waals surface area contributed by atoms with Crippen molar-refractivity contribution in [2.45, 2.75) is 25.5 Å². The van der Waals surface area contributed by atoms with E-state index in [4.69, 9.17) is 21.7 Å².